The van der Waals surface area contributed by atoms with Gasteiger partial charge in [-0.2, -0.15) is 13.2 Å². The summed E-state index contributed by atoms with van der Waals surface area (Å²) < 4.78 is 52.8. The molecular weight excluding hydrogens is 502 g/mol. The van der Waals surface area contributed by atoms with Crippen LogP contribution in [-0.4, -0.2) is 16.8 Å². The minimum atomic E-state index is -4.77. The molecule has 2 N–H and O–H groups in total. The molecule has 0 aliphatic heterocycles. The molecule has 0 aromatic heterocycles. The summed E-state index contributed by atoms with van der Waals surface area (Å²) in [7, 11) is 0. The molecule has 0 saturated carbocycles. The number of nitrogens with one attached hydrogen (secondary N) is 1. The molecule has 0 unspecified atom stereocenters. The fraction of sp³-hybridized carbons (Fsp3) is 0.345. The van der Waals surface area contributed by atoms with Crippen LogP contribution in [0, 0.1) is 5.82 Å². The SMILES string of the molecule is C=C(C)/C=C\C(C)=C(\CCC(NC(=C)c1ccc(C(F)(F)F)c(F)c1)=C(C)C)CSC(=C)CCC(=O)O. The van der Waals surface area contributed by atoms with E-state index in [-0.39, 0.29) is 12.0 Å². The van der Waals surface area contributed by atoms with Crippen LogP contribution in [0.1, 0.15) is 64.5 Å². The lowest BCUT2D eigenvalue weighted by atomic mass is 10.0. The molecule has 0 aliphatic rings. The Balaban J connectivity index is 3.03. The zero-order valence-electron chi connectivity index (χ0n) is 21.8. The lowest BCUT2D eigenvalue weighted by Crippen LogP contribution is -2.14. The smallest absolute Gasteiger partial charge is 0.419 e. The Morgan fingerprint density at radius 3 is 2.19 bits per heavy atom. The molecule has 0 heterocycles. The summed E-state index contributed by atoms with van der Waals surface area (Å²) in [5, 5.41) is 12.1. The molecule has 1 aromatic carbocycles. The summed E-state index contributed by atoms with van der Waals surface area (Å²) in [4.78, 5) is 11.6. The third kappa shape index (κ3) is 11.7. The minimum absolute atomic E-state index is 0.0257. The van der Waals surface area contributed by atoms with Gasteiger partial charge in [0.2, 0.25) is 0 Å². The summed E-state index contributed by atoms with van der Waals surface area (Å²) in [6.07, 6.45) is 0.792. The van der Waals surface area contributed by atoms with E-state index in [0.717, 1.165) is 39.0 Å². The van der Waals surface area contributed by atoms with E-state index in [1.54, 1.807) is 0 Å². The first-order chi connectivity index (χ1) is 17.1. The number of carboxylic acids is 1. The molecule has 0 fully saturated rings. The van der Waals surface area contributed by atoms with E-state index in [4.69, 9.17) is 5.11 Å². The second kappa shape index (κ2) is 14.7. The normalized spacial score (nSPS) is 12.2. The molecule has 0 aliphatic carbocycles. The maximum atomic E-state index is 14.1. The number of allylic oxidation sites excluding steroid dienone is 7. The van der Waals surface area contributed by atoms with E-state index < -0.39 is 23.5 Å². The van der Waals surface area contributed by atoms with E-state index in [1.165, 1.54) is 17.8 Å². The first kappa shape index (κ1) is 32.0. The molecule has 202 valence electrons. The van der Waals surface area contributed by atoms with Crippen LogP contribution in [0.3, 0.4) is 0 Å². The van der Waals surface area contributed by atoms with Crippen molar-refractivity contribution in [2.45, 2.75) is 59.6 Å². The highest BCUT2D eigenvalue weighted by molar-refractivity contribution is 8.03. The van der Waals surface area contributed by atoms with Gasteiger partial charge in [0.1, 0.15) is 5.82 Å². The van der Waals surface area contributed by atoms with Gasteiger partial charge >= 0.3 is 12.1 Å². The van der Waals surface area contributed by atoms with Crippen LogP contribution >= 0.6 is 11.8 Å². The Kier molecular flexibility index (Phi) is 12.7. The molecule has 0 saturated heterocycles. The Bertz CT molecular complexity index is 1120. The van der Waals surface area contributed by atoms with Crippen LogP contribution in [0.2, 0.25) is 0 Å². The molecule has 0 bridgehead atoms. The van der Waals surface area contributed by atoms with E-state index in [0.29, 0.717) is 36.8 Å². The third-order valence-corrected chi connectivity index (χ3v) is 6.55. The maximum absolute atomic E-state index is 14.1. The molecule has 1 rings (SSSR count). The number of halogens is 4. The van der Waals surface area contributed by atoms with Gasteiger partial charge < -0.3 is 10.4 Å². The monoisotopic (exact) mass is 537 g/mol. The van der Waals surface area contributed by atoms with Crippen molar-refractivity contribution in [3.63, 3.8) is 0 Å². The lowest BCUT2D eigenvalue weighted by molar-refractivity contribution is -0.140. The van der Waals surface area contributed by atoms with Gasteiger partial charge in [-0.3, -0.25) is 4.79 Å². The van der Waals surface area contributed by atoms with Crippen LogP contribution in [0.5, 0.6) is 0 Å². The maximum Gasteiger partial charge on any atom is 0.419 e. The van der Waals surface area contributed by atoms with Gasteiger partial charge in [-0.15, -0.1) is 11.8 Å². The summed E-state index contributed by atoms with van der Waals surface area (Å²) in [5.41, 5.74) is 4.08. The van der Waals surface area contributed by atoms with Crippen molar-refractivity contribution >= 4 is 23.4 Å². The number of aliphatic carboxylic acids is 1. The van der Waals surface area contributed by atoms with Gasteiger partial charge in [-0.05, 0) is 64.0 Å². The first-order valence-electron chi connectivity index (χ1n) is 11.7. The van der Waals surface area contributed by atoms with E-state index in [2.05, 4.69) is 25.1 Å². The number of rotatable bonds is 14. The van der Waals surface area contributed by atoms with Gasteiger partial charge in [0, 0.05) is 29.1 Å². The average molecular weight is 538 g/mol. The predicted molar refractivity (Wildman–Crippen MR) is 146 cm³/mol. The molecule has 0 amide bonds. The van der Waals surface area contributed by atoms with Crippen molar-refractivity contribution in [1.82, 2.24) is 5.32 Å². The molecule has 0 radical (unpaired) electrons. The predicted octanol–water partition coefficient (Wildman–Crippen LogP) is 9.04. The minimum Gasteiger partial charge on any atom is -0.481 e. The molecular formula is C29H35F4NO2S. The summed E-state index contributed by atoms with van der Waals surface area (Å²) >= 11 is 1.51. The second-order valence-electron chi connectivity index (χ2n) is 8.96. The molecule has 0 spiro atoms. The largest absolute Gasteiger partial charge is 0.481 e. The van der Waals surface area contributed by atoms with Gasteiger partial charge in [-0.25, -0.2) is 4.39 Å². The molecule has 3 nitrogen and oxygen atoms in total. The zero-order valence-corrected chi connectivity index (χ0v) is 22.6. The van der Waals surface area contributed by atoms with Crippen molar-refractivity contribution in [3.8, 4) is 0 Å². The van der Waals surface area contributed by atoms with Crippen molar-refractivity contribution in [3.05, 3.63) is 99.9 Å². The number of thioether (sulfide) groups is 1. The fourth-order valence-corrected chi connectivity index (χ4v) is 4.17. The van der Waals surface area contributed by atoms with Crippen LogP contribution in [0.25, 0.3) is 5.70 Å². The number of alkyl halides is 3. The number of hydrogen-bond acceptors (Lipinski definition) is 3. The van der Waals surface area contributed by atoms with E-state index in [9.17, 15) is 22.4 Å². The van der Waals surface area contributed by atoms with Crippen molar-refractivity contribution in [2.75, 3.05) is 5.75 Å². The molecule has 1 aromatic rings. The number of carboxylic acid groups (broad SMARTS) is 1. The summed E-state index contributed by atoms with van der Waals surface area (Å²) in [6.45, 7) is 19.4. The van der Waals surface area contributed by atoms with Crippen molar-refractivity contribution in [2.24, 2.45) is 0 Å². The third-order valence-electron chi connectivity index (χ3n) is 5.45. The highest BCUT2D eigenvalue weighted by Crippen LogP contribution is 2.33. The van der Waals surface area contributed by atoms with Crippen LogP contribution in [-0.2, 0) is 11.0 Å². The second-order valence-corrected chi connectivity index (χ2v) is 10.1. The van der Waals surface area contributed by atoms with Crippen LogP contribution in [0.15, 0.2) is 83.0 Å². The fourth-order valence-electron chi connectivity index (χ4n) is 3.18. The Hall–Kier alpha value is -3.00. The van der Waals surface area contributed by atoms with E-state index in [1.807, 2.05) is 39.8 Å². The zero-order chi connectivity index (χ0) is 28.3. The van der Waals surface area contributed by atoms with Crippen molar-refractivity contribution < 1.29 is 27.5 Å². The van der Waals surface area contributed by atoms with Crippen molar-refractivity contribution in [1.29, 1.82) is 0 Å². The topological polar surface area (TPSA) is 49.3 Å². The first-order valence-corrected chi connectivity index (χ1v) is 12.6. The summed E-state index contributed by atoms with van der Waals surface area (Å²) in [6, 6.07) is 2.74. The highest BCUT2D eigenvalue weighted by atomic mass is 32.2. The van der Waals surface area contributed by atoms with Gasteiger partial charge in [0.15, 0.2) is 0 Å². The van der Waals surface area contributed by atoms with Gasteiger partial charge in [0.25, 0.3) is 0 Å². The Morgan fingerprint density at radius 2 is 1.68 bits per heavy atom. The molecule has 8 heteroatoms. The van der Waals surface area contributed by atoms with Crippen LogP contribution in [0.4, 0.5) is 17.6 Å². The van der Waals surface area contributed by atoms with Gasteiger partial charge in [0.05, 0.1) is 5.56 Å². The quantitative estimate of drug-likeness (QED) is 0.184. The number of hydrogen-bond donors (Lipinski definition) is 2. The highest BCUT2D eigenvalue weighted by Gasteiger charge is 2.34. The number of carbonyl (C=O) groups is 1. The molecule has 37 heavy (non-hydrogen) atoms. The Morgan fingerprint density at radius 1 is 1.03 bits per heavy atom. The van der Waals surface area contributed by atoms with E-state index >= 15 is 0 Å². The standard InChI is InChI=1S/C29H35F4NO2S/c1-18(2)8-9-20(5)24(17-37-21(6)10-15-28(35)36)12-14-27(19(3)4)34-22(7)23-11-13-25(26(30)16-23)29(31,32)33/h8-9,11,13,16,34H,1,6-7,10,12,14-15,17H2,2-5H3,(H,35,36)/b9-8-,24-20-. The van der Waals surface area contributed by atoms with Gasteiger partial charge in [-0.1, -0.05) is 60.2 Å². The summed E-state index contributed by atoms with van der Waals surface area (Å²) in [5.74, 6) is -1.59. The average Bonchev–Trinajstić information content (AvgIpc) is 2.78. The van der Waals surface area contributed by atoms with Crippen LogP contribution < -0.4 is 5.32 Å². The lowest BCUT2D eigenvalue weighted by Gasteiger charge is -2.18. The molecule has 0 atom stereocenters. The number of benzene rings is 1. The Labute approximate surface area is 221 Å².